The van der Waals surface area contributed by atoms with Gasteiger partial charge in [0.15, 0.2) is 4.80 Å². The van der Waals surface area contributed by atoms with Crippen molar-refractivity contribution in [3.8, 4) is 11.5 Å². The Hall–Kier alpha value is -3.22. The fourth-order valence-electron chi connectivity index (χ4n) is 4.25. The van der Waals surface area contributed by atoms with Gasteiger partial charge in [-0.15, -0.1) is 0 Å². The number of hydrogen-bond acceptors (Lipinski definition) is 6. The maximum Gasteiger partial charge on any atom is 0.271 e. The number of rotatable bonds is 5. The van der Waals surface area contributed by atoms with E-state index in [4.69, 9.17) is 4.74 Å². The number of carbonyl (C=O) groups excluding carboxylic acids is 1. The van der Waals surface area contributed by atoms with E-state index >= 15 is 0 Å². The lowest BCUT2D eigenvalue weighted by Gasteiger charge is -2.25. The number of nitrogens with zero attached hydrogens (tertiary/aromatic N) is 2. The van der Waals surface area contributed by atoms with Gasteiger partial charge in [0.05, 0.1) is 37.0 Å². The summed E-state index contributed by atoms with van der Waals surface area (Å²) in [6, 6.07) is 19.4. The Morgan fingerprint density at radius 1 is 1.18 bits per heavy atom. The van der Waals surface area contributed by atoms with Gasteiger partial charge in [0, 0.05) is 5.69 Å². The van der Waals surface area contributed by atoms with Gasteiger partial charge in [0.2, 0.25) is 0 Å². The molecule has 38 heavy (non-hydrogen) atoms. The largest absolute Gasteiger partial charge is 0.506 e. The first-order valence-electron chi connectivity index (χ1n) is 11.5. The summed E-state index contributed by atoms with van der Waals surface area (Å²) in [6.45, 7) is 1.78. The van der Waals surface area contributed by atoms with Crippen molar-refractivity contribution in [2.45, 2.75) is 13.0 Å². The Bertz CT molecular complexity index is 1740. The molecular formula is C28H21BrIN3O4S. The number of thiazole rings is 1. The second kappa shape index (κ2) is 10.9. The second-order valence-corrected chi connectivity index (χ2v) is 11.5. The molecule has 0 unspecified atom stereocenters. The molecule has 1 aliphatic rings. The lowest BCUT2D eigenvalue weighted by atomic mass is 9.95. The van der Waals surface area contributed by atoms with Gasteiger partial charge in [-0.1, -0.05) is 41.7 Å². The number of aromatic nitrogens is 1. The molecule has 10 heteroatoms. The number of phenolic OH excluding ortho intramolecular Hbond substituents is 1. The van der Waals surface area contributed by atoms with Crippen molar-refractivity contribution in [3.63, 3.8) is 0 Å². The van der Waals surface area contributed by atoms with Crippen LogP contribution in [0.15, 0.2) is 92.3 Å². The van der Waals surface area contributed by atoms with Gasteiger partial charge in [0.25, 0.3) is 11.5 Å². The third-order valence-corrected chi connectivity index (χ3v) is 8.48. The number of hydrogen-bond donors (Lipinski definition) is 2. The molecule has 2 heterocycles. The topological polar surface area (TPSA) is 92.9 Å². The SMILES string of the molecule is COc1ccc([C@H]2C(C(=O)Nc3ccccc3)=C(C)N=c3s/c(=C/c4cc(Br)c(O)c(I)c4)c(=O)n32)cc1. The van der Waals surface area contributed by atoms with Crippen molar-refractivity contribution in [1.82, 2.24) is 4.57 Å². The third kappa shape index (κ3) is 5.07. The van der Waals surface area contributed by atoms with Gasteiger partial charge in [-0.3, -0.25) is 14.2 Å². The fraction of sp³-hybridized carbons (Fsp3) is 0.107. The monoisotopic (exact) mass is 701 g/mol. The van der Waals surface area contributed by atoms with Gasteiger partial charge < -0.3 is 15.2 Å². The van der Waals surface area contributed by atoms with E-state index in [-0.39, 0.29) is 17.2 Å². The number of allylic oxidation sites excluding steroid dienone is 1. The number of carbonyl (C=O) groups is 1. The van der Waals surface area contributed by atoms with Crippen LogP contribution in [-0.4, -0.2) is 22.7 Å². The summed E-state index contributed by atoms with van der Waals surface area (Å²) in [4.78, 5) is 32.6. The average molecular weight is 702 g/mol. The summed E-state index contributed by atoms with van der Waals surface area (Å²) in [5, 5.41) is 13.0. The first-order chi connectivity index (χ1) is 18.3. The van der Waals surface area contributed by atoms with Crippen LogP contribution in [0.25, 0.3) is 6.08 Å². The predicted molar refractivity (Wildman–Crippen MR) is 160 cm³/mol. The highest BCUT2D eigenvalue weighted by Gasteiger charge is 2.32. The summed E-state index contributed by atoms with van der Waals surface area (Å²) in [6.07, 6.45) is 1.77. The predicted octanol–water partition coefficient (Wildman–Crippen LogP) is 4.96. The third-order valence-electron chi connectivity index (χ3n) is 6.07. The fourth-order valence-corrected chi connectivity index (χ4v) is 6.80. The highest BCUT2D eigenvalue weighted by Crippen LogP contribution is 2.32. The van der Waals surface area contributed by atoms with Crippen LogP contribution in [0.2, 0.25) is 0 Å². The second-order valence-electron chi connectivity index (χ2n) is 8.51. The standard InChI is InChI=1S/C28H21BrIN3O4S/c1-15-23(26(35)32-18-6-4-3-5-7-18)24(17-8-10-19(37-2)11-9-17)33-27(36)22(38-28(33)31-15)14-16-12-20(29)25(34)21(30)13-16/h3-14,24,34H,1-2H3,(H,32,35)/b22-14+/t24-/m0/s1. The highest BCUT2D eigenvalue weighted by molar-refractivity contribution is 14.1. The molecule has 7 nitrogen and oxygen atoms in total. The summed E-state index contributed by atoms with van der Waals surface area (Å²) in [5.41, 5.74) is 2.83. The number of anilines is 1. The number of nitrogens with one attached hydrogen (secondary N) is 1. The zero-order chi connectivity index (χ0) is 27.0. The number of para-hydroxylation sites is 1. The summed E-state index contributed by atoms with van der Waals surface area (Å²) in [5.74, 6) is 0.489. The van der Waals surface area contributed by atoms with E-state index in [0.717, 1.165) is 11.1 Å². The average Bonchev–Trinajstić information content (AvgIpc) is 3.21. The Morgan fingerprint density at radius 2 is 1.89 bits per heavy atom. The number of phenols is 1. The Balaban J connectivity index is 1.68. The van der Waals surface area contributed by atoms with Crippen molar-refractivity contribution >= 4 is 67.5 Å². The van der Waals surface area contributed by atoms with Crippen LogP contribution in [0.3, 0.4) is 0 Å². The number of halogens is 2. The maximum atomic E-state index is 13.8. The van der Waals surface area contributed by atoms with Crippen LogP contribution >= 0.6 is 49.9 Å². The minimum Gasteiger partial charge on any atom is -0.506 e. The van der Waals surface area contributed by atoms with E-state index in [1.807, 2.05) is 77.2 Å². The number of fused-ring (bicyclic) bond motifs is 1. The van der Waals surface area contributed by atoms with Gasteiger partial charge in [-0.05, 0) is 99.0 Å². The molecule has 3 aromatic carbocycles. The zero-order valence-electron chi connectivity index (χ0n) is 20.2. The van der Waals surface area contributed by atoms with Crippen LogP contribution in [0.5, 0.6) is 11.5 Å². The number of ether oxygens (including phenoxy) is 1. The molecule has 1 amide bonds. The number of aromatic hydroxyl groups is 1. The Morgan fingerprint density at radius 3 is 2.55 bits per heavy atom. The molecule has 2 N–H and O–H groups in total. The van der Waals surface area contributed by atoms with E-state index in [1.54, 1.807) is 36.8 Å². The van der Waals surface area contributed by atoms with Crippen LogP contribution in [0.4, 0.5) is 5.69 Å². The van der Waals surface area contributed by atoms with Gasteiger partial charge >= 0.3 is 0 Å². The molecule has 0 fully saturated rings. The molecule has 0 saturated heterocycles. The van der Waals surface area contributed by atoms with E-state index in [9.17, 15) is 14.7 Å². The van der Waals surface area contributed by atoms with Gasteiger partial charge in [0.1, 0.15) is 11.5 Å². The van der Waals surface area contributed by atoms with Crippen molar-refractivity contribution < 1.29 is 14.6 Å². The van der Waals surface area contributed by atoms with Crippen molar-refractivity contribution in [2.75, 3.05) is 12.4 Å². The molecule has 0 radical (unpaired) electrons. The maximum absolute atomic E-state index is 13.8. The van der Waals surface area contributed by atoms with E-state index in [0.29, 0.717) is 40.1 Å². The molecule has 192 valence electrons. The van der Waals surface area contributed by atoms with Crippen molar-refractivity contribution in [3.05, 3.63) is 117 Å². The molecule has 1 atom stereocenters. The van der Waals surface area contributed by atoms with Crippen LogP contribution < -0.4 is 24.9 Å². The normalized spacial score (nSPS) is 15.2. The summed E-state index contributed by atoms with van der Waals surface area (Å²) < 4.78 is 8.55. The minimum atomic E-state index is -0.685. The number of methoxy groups -OCH3 is 1. The van der Waals surface area contributed by atoms with Crippen LogP contribution in [0, 0.1) is 3.57 Å². The van der Waals surface area contributed by atoms with E-state index in [2.05, 4.69) is 26.2 Å². The summed E-state index contributed by atoms with van der Waals surface area (Å²) in [7, 11) is 1.59. The quantitative estimate of drug-likeness (QED) is 0.288. The Kier molecular flexibility index (Phi) is 7.55. The van der Waals surface area contributed by atoms with E-state index in [1.165, 1.54) is 11.3 Å². The van der Waals surface area contributed by atoms with Gasteiger partial charge in [-0.2, -0.15) is 0 Å². The molecule has 0 aliphatic carbocycles. The zero-order valence-corrected chi connectivity index (χ0v) is 24.8. The van der Waals surface area contributed by atoms with Crippen LogP contribution in [0.1, 0.15) is 24.1 Å². The molecule has 1 aliphatic heterocycles. The first-order valence-corrected chi connectivity index (χ1v) is 14.2. The summed E-state index contributed by atoms with van der Waals surface area (Å²) >= 11 is 6.66. The minimum absolute atomic E-state index is 0.147. The molecular weight excluding hydrogens is 681 g/mol. The molecule has 0 saturated carbocycles. The smallest absolute Gasteiger partial charge is 0.271 e. The molecule has 5 rings (SSSR count). The van der Waals surface area contributed by atoms with Crippen molar-refractivity contribution in [2.24, 2.45) is 4.99 Å². The highest BCUT2D eigenvalue weighted by atomic mass is 127. The van der Waals surface area contributed by atoms with Crippen LogP contribution in [-0.2, 0) is 4.79 Å². The number of amides is 1. The lowest BCUT2D eigenvalue weighted by molar-refractivity contribution is -0.113. The Labute approximate surface area is 244 Å². The molecule has 4 aromatic rings. The lowest BCUT2D eigenvalue weighted by Crippen LogP contribution is -2.40. The molecule has 0 bridgehead atoms. The number of benzene rings is 3. The van der Waals surface area contributed by atoms with E-state index < -0.39 is 6.04 Å². The molecule has 1 aromatic heterocycles. The van der Waals surface area contributed by atoms with Crippen molar-refractivity contribution in [1.29, 1.82) is 0 Å². The molecule has 0 spiro atoms. The van der Waals surface area contributed by atoms with Gasteiger partial charge in [-0.25, -0.2) is 4.99 Å². The first kappa shape index (κ1) is 26.4.